The van der Waals surface area contributed by atoms with E-state index in [1.807, 2.05) is 42.5 Å². The van der Waals surface area contributed by atoms with Gasteiger partial charge in [-0.25, -0.2) is 0 Å². The van der Waals surface area contributed by atoms with Gasteiger partial charge in [0.05, 0.1) is 33.9 Å². The van der Waals surface area contributed by atoms with E-state index in [1.54, 1.807) is 0 Å². The second-order valence-electron chi connectivity index (χ2n) is 9.19. The van der Waals surface area contributed by atoms with Gasteiger partial charge in [-0.2, -0.15) is 10.5 Å². The number of para-hydroxylation sites is 3. The van der Waals surface area contributed by atoms with Gasteiger partial charge in [0, 0.05) is 5.69 Å². The van der Waals surface area contributed by atoms with Crippen molar-refractivity contribution in [1.29, 1.82) is 10.5 Å². The number of rotatable bonds is 2. The van der Waals surface area contributed by atoms with Crippen molar-refractivity contribution in [3.8, 4) is 23.3 Å². The molecule has 2 aliphatic heterocycles. The molecule has 2 aliphatic rings. The number of anilines is 5. The van der Waals surface area contributed by atoms with Crippen molar-refractivity contribution in [3.63, 3.8) is 0 Å². The Morgan fingerprint density at radius 1 is 0.514 bits per heavy atom. The average molecular weight is 470 g/mol. The third-order valence-corrected chi connectivity index (χ3v) is 7.31. The lowest BCUT2D eigenvalue weighted by Crippen LogP contribution is -2.53. The van der Waals surface area contributed by atoms with Crippen LogP contribution in [0.4, 0.5) is 28.4 Å². The maximum atomic E-state index is 10.3. The van der Waals surface area contributed by atoms with Gasteiger partial charge >= 0.3 is 6.85 Å². The first-order valence-electron chi connectivity index (χ1n) is 12.2. The third kappa shape index (κ3) is 2.95. The zero-order valence-electron chi connectivity index (χ0n) is 19.8. The van der Waals surface area contributed by atoms with E-state index in [0.29, 0.717) is 11.1 Å². The fourth-order valence-corrected chi connectivity index (χ4v) is 5.87. The van der Waals surface area contributed by atoms with E-state index < -0.39 is 0 Å². The van der Waals surface area contributed by atoms with Crippen LogP contribution in [-0.2, 0) is 0 Å². The van der Waals surface area contributed by atoms with Crippen LogP contribution in [0.25, 0.3) is 11.1 Å². The van der Waals surface area contributed by atoms with E-state index in [0.717, 1.165) is 39.4 Å². The molecule has 37 heavy (non-hydrogen) atoms. The highest BCUT2D eigenvalue weighted by Gasteiger charge is 2.44. The van der Waals surface area contributed by atoms with Crippen molar-refractivity contribution in [1.82, 2.24) is 0 Å². The van der Waals surface area contributed by atoms with E-state index in [9.17, 15) is 10.5 Å². The second-order valence-corrected chi connectivity index (χ2v) is 9.19. The van der Waals surface area contributed by atoms with Crippen LogP contribution < -0.4 is 20.6 Å². The highest BCUT2D eigenvalue weighted by molar-refractivity contribution is 6.93. The van der Waals surface area contributed by atoms with Crippen molar-refractivity contribution in [3.05, 3.63) is 126 Å². The molecule has 2 heterocycles. The molecule has 0 saturated heterocycles. The minimum Gasteiger partial charge on any atom is -0.371 e. The Morgan fingerprint density at radius 3 is 1.51 bits per heavy atom. The van der Waals surface area contributed by atoms with Crippen molar-refractivity contribution in [2.24, 2.45) is 0 Å². The van der Waals surface area contributed by atoms with Crippen LogP contribution in [0.3, 0.4) is 0 Å². The van der Waals surface area contributed by atoms with Crippen LogP contribution in [0.1, 0.15) is 11.1 Å². The highest BCUT2D eigenvalue weighted by Crippen LogP contribution is 2.54. The van der Waals surface area contributed by atoms with Crippen LogP contribution in [0, 0.1) is 22.7 Å². The maximum Gasteiger partial charge on any atom is 0.329 e. The van der Waals surface area contributed by atoms with Gasteiger partial charge < -0.3 is 9.71 Å². The molecule has 0 radical (unpaired) electrons. The van der Waals surface area contributed by atoms with Gasteiger partial charge in [-0.3, -0.25) is 0 Å². The van der Waals surface area contributed by atoms with Crippen molar-refractivity contribution >= 4 is 46.2 Å². The number of hydrogen-bond donors (Lipinski definition) is 0. The van der Waals surface area contributed by atoms with Crippen LogP contribution >= 0.6 is 0 Å². The zero-order valence-corrected chi connectivity index (χ0v) is 19.8. The average Bonchev–Trinajstić information content (AvgIpc) is 3.30. The fraction of sp³-hybridized carbons (Fsp3) is 0. The Bertz CT molecular complexity index is 1670. The Morgan fingerprint density at radius 2 is 1.00 bits per heavy atom. The lowest BCUT2D eigenvalue weighted by atomic mass is 9.51. The summed E-state index contributed by atoms with van der Waals surface area (Å²) < 4.78 is 0. The molecular formula is C32H19BN4. The van der Waals surface area contributed by atoms with Gasteiger partial charge in [0.1, 0.15) is 12.1 Å². The summed E-state index contributed by atoms with van der Waals surface area (Å²) in [6, 6.07) is 43.6. The number of nitrogens with zero attached hydrogens (tertiary/aromatic N) is 4. The Kier molecular flexibility index (Phi) is 4.64. The smallest absolute Gasteiger partial charge is 0.329 e. The summed E-state index contributed by atoms with van der Waals surface area (Å²) in [6.45, 7) is -0.188. The number of nitriles is 2. The molecule has 4 nitrogen and oxygen atoms in total. The Labute approximate surface area is 216 Å². The number of benzene rings is 5. The third-order valence-electron chi connectivity index (χ3n) is 7.31. The second kappa shape index (κ2) is 8.16. The molecule has 0 bridgehead atoms. The molecule has 0 aromatic heterocycles. The molecule has 0 saturated carbocycles. The molecule has 5 aromatic carbocycles. The largest absolute Gasteiger partial charge is 0.371 e. The standard InChI is InChI=1S/C32H19BN4/c34-20-22-10-8-18-29-31(22)37(33-27-16-6-4-14-25(27)26-15-5-7-17-28(26)33)32-23(21-35)11-9-19-30(32)36(29)24-12-2-1-3-13-24/h1-19H. The van der Waals surface area contributed by atoms with Crippen LogP contribution in [0.5, 0.6) is 0 Å². The highest BCUT2D eigenvalue weighted by atomic mass is 15.3. The molecule has 0 amide bonds. The SMILES string of the molecule is N#Cc1cccc2c1N(B1c3ccccc3-c3ccccc31)c1c(C#N)cccc1N2c1ccccc1. The molecule has 0 atom stereocenters. The molecular weight excluding hydrogens is 451 g/mol. The van der Waals surface area contributed by atoms with Gasteiger partial charge in [-0.1, -0.05) is 78.9 Å². The summed E-state index contributed by atoms with van der Waals surface area (Å²) in [7, 11) is 0. The lowest BCUT2D eigenvalue weighted by Gasteiger charge is -2.43. The Balaban J connectivity index is 1.61. The summed E-state index contributed by atoms with van der Waals surface area (Å²) in [5.41, 5.74) is 10.2. The molecule has 7 rings (SSSR count). The molecule has 5 heteroatoms. The Hall–Kier alpha value is -5.26. The predicted octanol–water partition coefficient (Wildman–Crippen LogP) is 6.14. The fourth-order valence-electron chi connectivity index (χ4n) is 5.87. The molecule has 0 spiro atoms. The predicted molar refractivity (Wildman–Crippen MR) is 150 cm³/mol. The van der Waals surface area contributed by atoms with Gasteiger partial charge in [-0.05, 0) is 58.5 Å². The molecule has 5 aromatic rings. The summed E-state index contributed by atoms with van der Waals surface area (Å²) in [6.07, 6.45) is 0. The van der Waals surface area contributed by atoms with E-state index in [2.05, 4.69) is 94.6 Å². The minimum atomic E-state index is -0.188. The molecule has 170 valence electrons. The van der Waals surface area contributed by atoms with E-state index >= 15 is 0 Å². The number of hydrogen-bond acceptors (Lipinski definition) is 4. The quantitative estimate of drug-likeness (QED) is 0.291. The normalized spacial score (nSPS) is 12.6. The van der Waals surface area contributed by atoms with Gasteiger partial charge in [-0.15, -0.1) is 0 Å². The lowest BCUT2D eigenvalue weighted by molar-refractivity contribution is 1.19. The van der Waals surface area contributed by atoms with Crippen LogP contribution in [0.15, 0.2) is 115 Å². The van der Waals surface area contributed by atoms with Crippen molar-refractivity contribution in [2.75, 3.05) is 9.71 Å². The topological polar surface area (TPSA) is 54.1 Å². The summed E-state index contributed by atoms with van der Waals surface area (Å²) in [5.74, 6) is 0. The van der Waals surface area contributed by atoms with Crippen molar-refractivity contribution < 1.29 is 0 Å². The molecule has 0 fully saturated rings. The first-order valence-corrected chi connectivity index (χ1v) is 12.2. The summed E-state index contributed by atoms with van der Waals surface area (Å²) in [5, 5.41) is 20.6. The van der Waals surface area contributed by atoms with E-state index in [1.165, 1.54) is 11.1 Å². The van der Waals surface area contributed by atoms with Crippen LogP contribution in [0.2, 0.25) is 0 Å². The molecule has 0 unspecified atom stereocenters. The van der Waals surface area contributed by atoms with Gasteiger partial charge in [0.25, 0.3) is 0 Å². The zero-order chi connectivity index (χ0) is 24.9. The maximum absolute atomic E-state index is 10.3. The summed E-state index contributed by atoms with van der Waals surface area (Å²) >= 11 is 0. The van der Waals surface area contributed by atoms with Gasteiger partial charge in [0.15, 0.2) is 0 Å². The molecule has 0 N–H and O–H groups in total. The van der Waals surface area contributed by atoms with Crippen LogP contribution in [-0.4, -0.2) is 6.85 Å². The molecule has 0 aliphatic carbocycles. The van der Waals surface area contributed by atoms with E-state index in [-0.39, 0.29) is 6.85 Å². The minimum absolute atomic E-state index is 0.188. The number of fused-ring (bicyclic) bond motifs is 5. The summed E-state index contributed by atoms with van der Waals surface area (Å²) in [4.78, 5) is 4.39. The monoisotopic (exact) mass is 470 g/mol. The van der Waals surface area contributed by atoms with E-state index in [4.69, 9.17) is 0 Å². The van der Waals surface area contributed by atoms with Crippen molar-refractivity contribution in [2.45, 2.75) is 0 Å². The van der Waals surface area contributed by atoms with Gasteiger partial charge in [0.2, 0.25) is 0 Å². The first-order chi connectivity index (χ1) is 18.3. The first kappa shape index (κ1) is 21.1.